The van der Waals surface area contributed by atoms with E-state index in [0.29, 0.717) is 34.4 Å². The summed E-state index contributed by atoms with van der Waals surface area (Å²) in [6.07, 6.45) is 7.19. The molecule has 0 saturated heterocycles. The van der Waals surface area contributed by atoms with Crippen LogP contribution in [0.5, 0.6) is 0 Å². The van der Waals surface area contributed by atoms with E-state index < -0.39 is 0 Å². The molecule has 0 aromatic carbocycles. The lowest BCUT2D eigenvalue weighted by atomic mass is 10.2. The Morgan fingerprint density at radius 2 is 2.19 bits per heavy atom. The zero-order valence-electron chi connectivity index (χ0n) is 14.2. The first-order valence-corrected chi connectivity index (χ1v) is 8.64. The molecule has 1 fully saturated rings. The van der Waals surface area contributed by atoms with Crippen molar-refractivity contribution < 1.29 is 9.32 Å². The average molecular weight is 361 g/mol. The highest BCUT2D eigenvalue weighted by Crippen LogP contribution is 2.39. The van der Waals surface area contributed by atoms with Crippen molar-refractivity contribution in [2.45, 2.75) is 25.3 Å². The van der Waals surface area contributed by atoms with Crippen LogP contribution >= 0.6 is 0 Å². The Morgan fingerprint density at radius 1 is 1.26 bits per heavy atom. The van der Waals surface area contributed by atoms with Gasteiger partial charge in [-0.25, -0.2) is 0 Å². The number of hydrogen-bond donors (Lipinski definition) is 1. The van der Waals surface area contributed by atoms with Crippen molar-refractivity contribution in [2.24, 2.45) is 0 Å². The number of fused-ring (bicyclic) bond motifs is 1. The van der Waals surface area contributed by atoms with Crippen molar-refractivity contribution in [3.05, 3.63) is 60.1 Å². The Balaban J connectivity index is 1.40. The number of nitrogens with zero attached hydrogens (tertiary/aromatic N) is 6. The summed E-state index contributed by atoms with van der Waals surface area (Å²) in [5.74, 6) is 1.97. The maximum Gasteiger partial charge on any atom is 0.261 e. The molecule has 0 aliphatic heterocycles. The van der Waals surface area contributed by atoms with Gasteiger partial charge in [0.25, 0.3) is 11.8 Å². The molecule has 134 valence electrons. The molecule has 1 N–H and O–H groups in total. The molecule has 5 rings (SSSR count). The summed E-state index contributed by atoms with van der Waals surface area (Å²) in [6.45, 7) is 0.232. The molecule has 0 spiro atoms. The second-order valence-electron chi connectivity index (χ2n) is 6.39. The highest BCUT2D eigenvalue weighted by Gasteiger charge is 2.29. The molecule has 1 saturated carbocycles. The van der Waals surface area contributed by atoms with Crippen LogP contribution in [0.2, 0.25) is 0 Å². The van der Waals surface area contributed by atoms with E-state index >= 15 is 0 Å². The fourth-order valence-electron chi connectivity index (χ4n) is 2.86. The Bertz CT molecular complexity index is 1120. The van der Waals surface area contributed by atoms with Crippen molar-refractivity contribution in [1.82, 2.24) is 35.0 Å². The molecule has 1 aliphatic rings. The molecule has 0 atom stereocenters. The zero-order valence-corrected chi connectivity index (χ0v) is 14.2. The number of aromatic nitrogens is 6. The molecule has 27 heavy (non-hydrogen) atoms. The van der Waals surface area contributed by atoms with Crippen LogP contribution in [-0.2, 0) is 6.54 Å². The molecule has 9 heteroatoms. The molecule has 4 aromatic rings. The van der Waals surface area contributed by atoms with Crippen LogP contribution in [-0.4, -0.2) is 35.6 Å². The number of hydrogen-bond acceptors (Lipinski definition) is 7. The molecule has 9 nitrogen and oxygen atoms in total. The van der Waals surface area contributed by atoms with E-state index in [0.717, 1.165) is 18.7 Å². The molecule has 4 aromatic heterocycles. The number of rotatable bonds is 5. The van der Waals surface area contributed by atoms with Crippen molar-refractivity contribution in [3.63, 3.8) is 0 Å². The maximum absolute atomic E-state index is 12.2. The number of nitrogens with one attached hydrogen (secondary N) is 1. The largest absolute Gasteiger partial charge is 0.345 e. The van der Waals surface area contributed by atoms with Gasteiger partial charge in [-0.15, -0.1) is 10.2 Å². The Labute approximate surface area is 153 Å². The summed E-state index contributed by atoms with van der Waals surface area (Å²) >= 11 is 0. The predicted octanol–water partition coefficient (Wildman–Crippen LogP) is 1.98. The lowest BCUT2D eigenvalue weighted by molar-refractivity contribution is 0.0949. The number of carbonyl (C=O) groups is 1. The van der Waals surface area contributed by atoms with E-state index in [1.54, 1.807) is 22.7 Å². The van der Waals surface area contributed by atoms with Gasteiger partial charge >= 0.3 is 0 Å². The lowest BCUT2D eigenvalue weighted by Gasteiger charge is -2.04. The third-order valence-corrected chi connectivity index (χ3v) is 4.45. The molecule has 4 heterocycles. The fourth-order valence-corrected chi connectivity index (χ4v) is 2.86. The predicted molar refractivity (Wildman–Crippen MR) is 93.7 cm³/mol. The highest BCUT2D eigenvalue weighted by atomic mass is 16.5. The second-order valence-corrected chi connectivity index (χ2v) is 6.39. The van der Waals surface area contributed by atoms with Gasteiger partial charge in [0.2, 0.25) is 0 Å². The highest BCUT2D eigenvalue weighted by molar-refractivity contribution is 5.93. The normalized spacial score (nSPS) is 13.8. The first-order valence-electron chi connectivity index (χ1n) is 8.64. The SMILES string of the molecule is O=C(NCc1nnc2c(-c3nc(C4CC4)no3)cccn12)c1cccnc1. The zero-order chi connectivity index (χ0) is 18.2. The minimum atomic E-state index is -0.220. The van der Waals surface area contributed by atoms with Gasteiger partial charge in [0.05, 0.1) is 17.7 Å². The standard InChI is InChI=1S/C18H15N7O2/c26-17(12-3-1-7-19-9-12)20-10-14-22-23-16-13(4-2-8-25(14)16)18-21-15(24-27-18)11-5-6-11/h1-4,7-9,11H,5-6,10H2,(H,20,26). The molecular weight excluding hydrogens is 346 g/mol. The van der Waals surface area contributed by atoms with Crippen LogP contribution in [0.4, 0.5) is 0 Å². The summed E-state index contributed by atoms with van der Waals surface area (Å²) in [4.78, 5) is 20.6. The summed E-state index contributed by atoms with van der Waals surface area (Å²) < 4.78 is 7.21. The summed E-state index contributed by atoms with van der Waals surface area (Å²) in [5, 5.41) is 15.3. The van der Waals surface area contributed by atoms with Crippen molar-refractivity contribution in [3.8, 4) is 11.5 Å². The van der Waals surface area contributed by atoms with Crippen molar-refractivity contribution in [2.75, 3.05) is 0 Å². The van der Waals surface area contributed by atoms with Crippen LogP contribution in [0.1, 0.15) is 40.8 Å². The van der Waals surface area contributed by atoms with Gasteiger partial charge < -0.3 is 9.84 Å². The maximum atomic E-state index is 12.2. The van der Waals surface area contributed by atoms with Gasteiger partial charge in [0, 0.05) is 24.5 Å². The second kappa shape index (κ2) is 6.27. The number of amides is 1. The van der Waals surface area contributed by atoms with E-state index in [1.165, 1.54) is 6.20 Å². The van der Waals surface area contributed by atoms with Gasteiger partial charge in [-0.2, -0.15) is 4.98 Å². The van der Waals surface area contributed by atoms with Crippen LogP contribution in [0.25, 0.3) is 17.1 Å². The minimum Gasteiger partial charge on any atom is -0.345 e. The van der Waals surface area contributed by atoms with Gasteiger partial charge in [0.15, 0.2) is 17.3 Å². The van der Waals surface area contributed by atoms with Gasteiger partial charge in [-0.1, -0.05) is 5.16 Å². The minimum absolute atomic E-state index is 0.220. The summed E-state index contributed by atoms with van der Waals surface area (Å²) in [5.41, 5.74) is 1.81. The van der Waals surface area contributed by atoms with Crippen molar-refractivity contribution >= 4 is 11.6 Å². The van der Waals surface area contributed by atoms with Gasteiger partial charge in [-0.3, -0.25) is 14.2 Å². The molecule has 1 aliphatic carbocycles. The van der Waals surface area contributed by atoms with Gasteiger partial charge in [0.1, 0.15) is 0 Å². The van der Waals surface area contributed by atoms with Crippen LogP contribution in [0.15, 0.2) is 47.4 Å². The monoisotopic (exact) mass is 361 g/mol. The Kier molecular flexibility index (Phi) is 3.63. The first-order chi connectivity index (χ1) is 13.3. The van der Waals surface area contributed by atoms with E-state index in [-0.39, 0.29) is 12.5 Å². The van der Waals surface area contributed by atoms with E-state index in [1.807, 2.05) is 18.3 Å². The van der Waals surface area contributed by atoms with E-state index in [2.05, 4.69) is 30.6 Å². The van der Waals surface area contributed by atoms with Crippen LogP contribution in [0.3, 0.4) is 0 Å². The smallest absolute Gasteiger partial charge is 0.261 e. The number of pyridine rings is 2. The summed E-state index contributed by atoms with van der Waals surface area (Å²) in [6, 6.07) is 7.15. The Morgan fingerprint density at radius 3 is 3.00 bits per heavy atom. The quantitative estimate of drug-likeness (QED) is 0.578. The molecule has 1 amide bonds. The molecule has 0 bridgehead atoms. The lowest BCUT2D eigenvalue weighted by Crippen LogP contribution is -2.24. The Hall–Kier alpha value is -3.62. The van der Waals surface area contributed by atoms with E-state index in [9.17, 15) is 4.79 Å². The average Bonchev–Trinajstić information content (AvgIpc) is 3.30. The van der Waals surface area contributed by atoms with E-state index in [4.69, 9.17) is 4.52 Å². The molecule has 0 radical (unpaired) electrons. The topological polar surface area (TPSA) is 111 Å². The summed E-state index contributed by atoms with van der Waals surface area (Å²) in [7, 11) is 0. The van der Waals surface area contributed by atoms with Gasteiger partial charge in [-0.05, 0) is 37.1 Å². The third-order valence-electron chi connectivity index (χ3n) is 4.45. The molecular formula is C18H15N7O2. The number of carbonyl (C=O) groups excluding carboxylic acids is 1. The third kappa shape index (κ3) is 2.92. The first kappa shape index (κ1) is 15.6. The van der Waals surface area contributed by atoms with Crippen LogP contribution < -0.4 is 5.32 Å². The van der Waals surface area contributed by atoms with Crippen LogP contribution in [0, 0.1) is 0 Å². The van der Waals surface area contributed by atoms with Crippen molar-refractivity contribution in [1.29, 1.82) is 0 Å². The fraction of sp³-hybridized carbons (Fsp3) is 0.222. The molecule has 0 unspecified atom stereocenters.